The van der Waals surface area contributed by atoms with Crippen LogP contribution in [0.2, 0.25) is 0 Å². The minimum atomic E-state index is -4.84. The number of carbonyl (C=O) groups excluding carboxylic acids is 2. The van der Waals surface area contributed by atoms with Crippen LogP contribution in [-0.4, -0.2) is 21.5 Å². The second kappa shape index (κ2) is 3.48. The number of rotatable bonds is 4. The van der Waals surface area contributed by atoms with E-state index in [1.807, 2.05) is 0 Å². The lowest BCUT2D eigenvalue weighted by Crippen LogP contribution is -2.24. The van der Waals surface area contributed by atoms with Gasteiger partial charge in [0.15, 0.2) is 5.76 Å². The Bertz CT molecular complexity index is 277. The summed E-state index contributed by atoms with van der Waals surface area (Å²) in [6, 6.07) is 0. The third kappa shape index (κ3) is 3.87. The van der Waals surface area contributed by atoms with E-state index in [4.69, 9.17) is 9.79 Å². The van der Waals surface area contributed by atoms with Gasteiger partial charge in [-0.2, -0.15) is 0 Å². The van der Waals surface area contributed by atoms with Crippen molar-refractivity contribution in [2.24, 2.45) is 5.73 Å². The summed E-state index contributed by atoms with van der Waals surface area (Å²) in [7, 11) is -4.84. The molecule has 7 nitrogen and oxygen atoms in total. The lowest BCUT2D eigenvalue weighted by molar-refractivity contribution is -0.135. The molecule has 0 spiro atoms. The molecule has 0 saturated carbocycles. The number of hydrogen-bond acceptors (Lipinski definition) is 4. The molecule has 0 bridgehead atoms. The number of phosphoric acid groups is 1. The highest BCUT2D eigenvalue weighted by atomic mass is 31.2. The zero-order chi connectivity index (χ0) is 9.94. The maximum Gasteiger partial charge on any atom is 0.524 e. The molecule has 0 heterocycles. The van der Waals surface area contributed by atoms with Crippen LogP contribution in [0, 0.1) is 0 Å². The largest absolute Gasteiger partial charge is 0.524 e. The molecule has 1 amide bonds. The van der Waals surface area contributed by atoms with Crippen LogP contribution in [0.25, 0.3) is 0 Å². The number of primary amides is 1. The van der Waals surface area contributed by atoms with Crippen molar-refractivity contribution >= 4 is 19.5 Å². The van der Waals surface area contributed by atoms with E-state index in [0.717, 1.165) is 0 Å². The first-order valence-electron chi connectivity index (χ1n) is 2.52. The minimum Gasteiger partial charge on any atom is -0.400 e. The van der Waals surface area contributed by atoms with Crippen molar-refractivity contribution in [1.29, 1.82) is 0 Å². The Morgan fingerprint density at radius 3 is 2.08 bits per heavy atom. The molecular formula is C4H6NO6P. The highest BCUT2D eigenvalue weighted by molar-refractivity contribution is 7.46. The Balaban J connectivity index is 4.35. The molecule has 0 unspecified atom stereocenters. The highest BCUT2D eigenvalue weighted by Crippen LogP contribution is 2.38. The van der Waals surface area contributed by atoms with Crippen LogP contribution in [0.15, 0.2) is 12.3 Å². The standard InChI is InChI=1S/C4H6NO6P/c1-2(3(6)4(5)7)11-12(8,9)10/h1H2,(H2,5,7)(H2,8,9,10). The number of phosphoric ester groups is 1. The summed E-state index contributed by atoms with van der Waals surface area (Å²) >= 11 is 0. The zero-order valence-corrected chi connectivity index (χ0v) is 6.65. The molecule has 68 valence electrons. The first-order valence-corrected chi connectivity index (χ1v) is 4.05. The van der Waals surface area contributed by atoms with Crippen LogP contribution in [0.4, 0.5) is 0 Å². The van der Waals surface area contributed by atoms with Gasteiger partial charge >= 0.3 is 7.82 Å². The van der Waals surface area contributed by atoms with Crippen LogP contribution in [0.1, 0.15) is 0 Å². The summed E-state index contributed by atoms with van der Waals surface area (Å²) in [5, 5.41) is 0. The maximum atomic E-state index is 10.5. The van der Waals surface area contributed by atoms with Crippen LogP contribution in [-0.2, 0) is 18.7 Å². The van der Waals surface area contributed by atoms with Crippen molar-refractivity contribution in [3.63, 3.8) is 0 Å². The number of ketones is 1. The monoisotopic (exact) mass is 195 g/mol. The van der Waals surface area contributed by atoms with Gasteiger partial charge in [-0.3, -0.25) is 19.4 Å². The first-order chi connectivity index (χ1) is 5.24. The van der Waals surface area contributed by atoms with Crippen molar-refractivity contribution in [3.05, 3.63) is 12.3 Å². The SMILES string of the molecule is C=C(OP(=O)(O)O)C(=O)C(N)=O. The molecule has 0 atom stereocenters. The third-order valence-electron chi connectivity index (χ3n) is 0.706. The summed E-state index contributed by atoms with van der Waals surface area (Å²) in [5.74, 6) is -3.75. The Morgan fingerprint density at radius 1 is 1.42 bits per heavy atom. The number of hydrogen-bond donors (Lipinski definition) is 3. The van der Waals surface area contributed by atoms with Crippen molar-refractivity contribution in [1.82, 2.24) is 0 Å². The lowest BCUT2D eigenvalue weighted by Gasteiger charge is -2.05. The number of nitrogens with two attached hydrogens (primary N) is 1. The van der Waals surface area contributed by atoms with E-state index in [-0.39, 0.29) is 0 Å². The van der Waals surface area contributed by atoms with Crippen molar-refractivity contribution in [3.8, 4) is 0 Å². The number of amides is 1. The Morgan fingerprint density at radius 2 is 1.83 bits per heavy atom. The highest BCUT2D eigenvalue weighted by Gasteiger charge is 2.23. The summed E-state index contributed by atoms with van der Waals surface area (Å²) in [4.78, 5) is 36.9. The Hall–Kier alpha value is -1.17. The fourth-order valence-electron chi connectivity index (χ4n) is 0.322. The lowest BCUT2D eigenvalue weighted by atomic mass is 10.3. The van der Waals surface area contributed by atoms with Crippen LogP contribution in [0.5, 0.6) is 0 Å². The fourth-order valence-corrected chi connectivity index (χ4v) is 0.692. The molecule has 0 radical (unpaired) electrons. The molecule has 4 N–H and O–H groups in total. The molecule has 0 rings (SSSR count). The maximum absolute atomic E-state index is 10.5. The van der Waals surface area contributed by atoms with Gasteiger partial charge in [-0.05, 0) is 0 Å². The Labute approximate surface area is 67.1 Å². The molecule has 0 saturated heterocycles. The van der Waals surface area contributed by atoms with E-state index in [1.54, 1.807) is 0 Å². The van der Waals surface area contributed by atoms with E-state index in [2.05, 4.69) is 16.8 Å². The van der Waals surface area contributed by atoms with Gasteiger partial charge in [0.2, 0.25) is 0 Å². The van der Waals surface area contributed by atoms with Crippen molar-refractivity contribution in [2.45, 2.75) is 0 Å². The van der Waals surface area contributed by atoms with Crippen LogP contribution < -0.4 is 5.73 Å². The van der Waals surface area contributed by atoms with Crippen molar-refractivity contribution < 1.29 is 28.5 Å². The predicted molar refractivity (Wildman–Crippen MR) is 36.5 cm³/mol. The first kappa shape index (κ1) is 10.8. The van der Waals surface area contributed by atoms with Gasteiger partial charge in [0.05, 0.1) is 0 Å². The van der Waals surface area contributed by atoms with E-state index < -0.39 is 25.3 Å². The van der Waals surface area contributed by atoms with Crippen LogP contribution in [0.3, 0.4) is 0 Å². The third-order valence-corrected chi connectivity index (χ3v) is 1.16. The molecule has 0 fully saturated rings. The average molecular weight is 195 g/mol. The van der Waals surface area contributed by atoms with Gasteiger partial charge in [-0.15, -0.1) is 0 Å². The molecule has 0 aromatic heterocycles. The van der Waals surface area contributed by atoms with Crippen LogP contribution >= 0.6 is 7.82 Å². The topological polar surface area (TPSA) is 127 Å². The van der Waals surface area contributed by atoms with E-state index in [1.165, 1.54) is 0 Å². The minimum absolute atomic E-state index is 0.976. The molecule has 0 aliphatic rings. The summed E-state index contributed by atoms with van der Waals surface area (Å²) < 4.78 is 13.8. The molecule has 0 aliphatic carbocycles. The van der Waals surface area contributed by atoms with Gasteiger partial charge in [0.1, 0.15) is 0 Å². The van der Waals surface area contributed by atoms with E-state index in [9.17, 15) is 14.2 Å². The second-order valence-electron chi connectivity index (χ2n) is 1.70. The molecular weight excluding hydrogens is 189 g/mol. The van der Waals surface area contributed by atoms with Gasteiger partial charge in [-0.25, -0.2) is 4.57 Å². The summed E-state index contributed by atoms with van der Waals surface area (Å²) in [5.41, 5.74) is 4.47. The Kier molecular flexibility index (Phi) is 3.15. The summed E-state index contributed by atoms with van der Waals surface area (Å²) in [6.07, 6.45) is 0. The average Bonchev–Trinajstić information content (AvgIpc) is 1.82. The van der Waals surface area contributed by atoms with Crippen molar-refractivity contribution in [2.75, 3.05) is 0 Å². The van der Waals surface area contributed by atoms with E-state index in [0.29, 0.717) is 0 Å². The predicted octanol–water partition coefficient (Wildman–Crippen LogP) is -1.34. The van der Waals surface area contributed by atoms with Gasteiger partial charge < -0.3 is 10.3 Å². The second-order valence-corrected chi connectivity index (χ2v) is 2.86. The molecule has 8 heteroatoms. The van der Waals surface area contributed by atoms with E-state index >= 15 is 0 Å². The smallest absolute Gasteiger partial charge is 0.400 e. The molecule has 0 aromatic carbocycles. The normalized spacial score (nSPS) is 10.5. The summed E-state index contributed by atoms with van der Waals surface area (Å²) in [6.45, 7) is 2.80. The quantitative estimate of drug-likeness (QED) is 0.220. The van der Waals surface area contributed by atoms with Gasteiger partial charge in [0.25, 0.3) is 11.7 Å². The molecule has 12 heavy (non-hydrogen) atoms. The zero-order valence-electron chi connectivity index (χ0n) is 5.76. The van der Waals surface area contributed by atoms with Gasteiger partial charge in [-0.1, -0.05) is 6.58 Å². The number of Topliss-reactive ketones (excluding diaryl/α,β-unsaturated/α-hetero) is 1. The number of carbonyl (C=O) groups is 2. The molecule has 0 aromatic rings. The fraction of sp³-hybridized carbons (Fsp3) is 0. The van der Waals surface area contributed by atoms with Gasteiger partial charge in [0, 0.05) is 0 Å². The molecule has 0 aliphatic heterocycles.